The number of fused-ring (bicyclic) bond motifs is 1. The first-order valence-corrected chi connectivity index (χ1v) is 8.51. The molecule has 2 aromatic heterocycles. The van der Waals surface area contributed by atoms with Crippen LogP contribution in [0.2, 0.25) is 0 Å². The number of aromatic nitrogens is 1. The molecule has 0 radical (unpaired) electrons. The summed E-state index contributed by atoms with van der Waals surface area (Å²) in [4.78, 5) is 25.4. The molecule has 3 rings (SSSR count). The molecule has 0 aliphatic heterocycles. The molecular formula is C18H18N2O4S. The van der Waals surface area contributed by atoms with Gasteiger partial charge in [0, 0.05) is 5.39 Å². The Morgan fingerprint density at radius 3 is 2.72 bits per heavy atom. The Morgan fingerprint density at radius 2 is 2.00 bits per heavy atom. The van der Waals surface area contributed by atoms with Gasteiger partial charge < -0.3 is 19.4 Å². The number of carbonyl (C=O) groups is 2. The summed E-state index contributed by atoms with van der Waals surface area (Å²) in [5, 5.41) is 5.68. The first-order chi connectivity index (χ1) is 12.0. The molecule has 0 fully saturated rings. The average Bonchev–Trinajstić information content (AvgIpc) is 3.17. The van der Waals surface area contributed by atoms with Crippen LogP contribution in [0, 0.1) is 6.92 Å². The predicted octanol–water partition coefficient (Wildman–Crippen LogP) is 3.45. The summed E-state index contributed by atoms with van der Waals surface area (Å²) in [6.45, 7) is 1.94. The highest BCUT2D eigenvalue weighted by atomic mass is 32.1. The van der Waals surface area contributed by atoms with Crippen molar-refractivity contribution in [1.82, 2.24) is 4.57 Å². The zero-order chi connectivity index (χ0) is 18.0. The number of nitrogens with zero attached hydrogens (tertiary/aromatic N) is 1. The topological polar surface area (TPSA) is 69.6 Å². The van der Waals surface area contributed by atoms with Gasteiger partial charge >= 0.3 is 5.97 Å². The van der Waals surface area contributed by atoms with Crippen molar-refractivity contribution < 1.29 is 19.1 Å². The van der Waals surface area contributed by atoms with Crippen molar-refractivity contribution in [2.75, 3.05) is 19.5 Å². The molecule has 0 aliphatic carbocycles. The van der Waals surface area contributed by atoms with Crippen LogP contribution >= 0.6 is 11.3 Å². The van der Waals surface area contributed by atoms with Gasteiger partial charge in [-0.3, -0.25) is 4.79 Å². The molecule has 0 saturated carbocycles. The summed E-state index contributed by atoms with van der Waals surface area (Å²) in [6.07, 6.45) is 0. The van der Waals surface area contributed by atoms with Crippen LogP contribution < -0.4 is 10.1 Å². The van der Waals surface area contributed by atoms with E-state index in [1.807, 2.05) is 30.5 Å². The lowest BCUT2D eigenvalue weighted by Crippen LogP contribution is -2.21. The van der Waals surface area contributed by atoms with Gasteiger partial charge in [0.15, 0.2) is 0 Å². The average molecular weight is 358 g/mol. The van der Waals surface area contributed by atoms with E-state index in [1.165, 1.54) is 18.4 Å². The van der Waals surface area contributed by atoms with Gasteiger partial charge in [0.1, 0.15) is 22.8 Å². The molecule has 3 aromatic rings. The van der Waals surface area contributed by atoms with Gasteiger partial charge in [-0.1, -0.05) is 6.07 Å². The second-order valence-electron chi connectivity index (χ2n) is 5.54. The minimum Gasteiger partial charge on any atom is -0.495 e. The molecule has 7 heteroatoms. The molecule has 0 atom stereocenters. The van der Waals surface area contributed by atoms with E-state index in [-0.39, 0.29) is 12.5 Å². The van der Waals surface area contributed by atoms with Crippen LogP contribution in [0.4, 0.5) is 5.69 Å². The number of hydrogen-bond donors (Lipinski definition) is 1. The number of hydrogen-bond acceptors (Lipinski definition) is 5. The van der Waals surface area contributed by atoms with Crippen molar-refractivity contribution in [2.45, 2.75) is 13.5 Å². The normalized spacial score (nSPS) is 10.7. The minimum absolute atomic E-state index is 0.00550. The third kappa shape index (κ3) is 3.36. The molecule has 0 aliphatic rings. The van der Waals surface area contributed by atoms with Gasteiger partial charge in [-0.15, -0.1) is 11.3 Å². The van der Waals surface area contributed by atoms with Crippen molar-refractivity contribution in [2.24, 2.45) is 0 Å². The number of thiophene rings is 1. The summed E-state index contributed by atoms with van der Waals surface area (Å²) in [5.41, 5.74) is 1.96. The number of carbonyl (C=O) groups excluding carboxylic acids is 2. The van der Waals surface area contributed by atoms with Crippen molar-refractivity contribution in [1.29, 1.82) is 0 Å². The number of nitrogens with one attached hydrogen (secondary N) is 1. The smallest absolute Gasteiger partial charge is 0.354 e. The summed E-state index contributed by atoms with van der Waals surface area (Å²) in [6, 6.07) is 9.19. The summed E-state index contributed by atoms with van der Waals surface area (Å²) in [7, 11) is 2.88. The van der Waals surface area contributed by atoms with Gasteiger partial charge in [0.25, 0.3) is 0 Å². The largest absolute Gasteiger partial charge is 0.495 e. The van der Waals surface area contributed by atoms with Crippen molar-refractivity contribution in [3.8, 4) is 5.75 Å². The first-order valence-electron chi connectivity index (χ1n) is 7.63. The fraction of sp³-hybridized carbons (Fsp3) is 0.222. The highest BCUT2D eigenvalue weighted by Crippen LogP contribution is 2.27. The number of rotatable bonds is 5. The highest BCUT2D eigenvalue weighted by Gasteiger charge is 2.19. The molecule has 25 heavy (non-hydrogen) atoms. The fourth-order valence-corrected chi connectivity index (χ4v) is 3.56. The second kappa shape index (κ2) is 6.98. The van der Waals surface area contributed by atoms with Crippen molar-refractivity contribution in [3.63, 3.8) is 0 Å². The molecule has 1 amide bonds. The van der Waals surface area contributed by atoms with Crippen LogP contribution in [0.15, 0.2) is 35.7 Å². The molecule has 0 unspecified atom stereocenters. The number of aryl methyl sites for hydroxylation is 1. The Morgan fingerprint density at radius 1 is 1.20 bits per heavy atom. The van der Waals surface area contributed by atoms with Gasteiger partial charge in [0.2, 0.25) is 5.91 Å². The third-order valence-corrected chi connectivity index (χ3v) is 4.78. The number of benzene rings is 1. The summed E-state index contributed by atoms with van der Waals surface area (Å²) in [5.74, 6) is -0.134. The lowest BCUT2D eigenvalue weighted by Gasteiger charge is -2.12. The van der Waals surface area contributed by atoms with E-state index in [9.17, 15) is 9.59 Å². The predicted molar refractivity (Wildman–Crippen MR) is 97.5 cm³/mol. The van der Waals surface area contributed by atoms with Crippen molar-refractivity contribution >= 4 is 39.1 Å². The Bertz CT molecular complexity index is 942. The van der Waals surface area contributed by atoms with Gasteiger partial charge in [0.05, 0.1) is 19.9 Å². The molecule has 1 aromatic carbocycles. The number of amides is 1. The van der Waals surface area contributed by atoms with E-state index in [2.05, 4.69) is 5.32 Å². The van der Waals surface area contributed by atoms with Gasteiger partial charge in [-0.2, -0.15) is 0 Å². The number of ether oxygens (including phenoxy) is 2. The highest BCUT2D eigenvalue weighted by molar-refractivity contribution is 7.16. The van der Waals surface area contributed by atoms with Crippen LogP contribution in [0.5, 0.6) is 5.75 Å². The minimum atomic E-state index is -0.468. The lowest BCUT2D eigenvalue weighted by molar-refractivity contribution is -0.116. The summed E-state index contributed by atoms with van der Waals surface area (Å²) < 4.78 is 11.8. The first kappa shape index (κ1) is 17.0. The van der Waals surface area contributed by atoms with E-state index in [0.29, 0.717) is 17.1 Å². The monoisotopic (exact) mass is 358 g/mol. The Hall–Kier alpha value is -2.80. The van der Waals surface area contributed by atoms with E-state index in [1.54, 1.807) is 23.8 Å². The van der Waals surface area contributed by atoms with Crippen LogP contribution in [-0.2, 0) is 16.1 Å². The number of esters is 1. The van der Waals surface area contributed by atoms with E-state index in [4.69, 9.17) is 9.47 Å². The molecule has 6 nitrogen and oxygen atoms in total. The summed E-state index contributed by atoms with van der Waals surface area (Å²) >= 11 is 1.47. The van der Waals surface area contributed by atoms with Crippen LogP contribution in [0.3, 0.4) is 0 Å². The maximum Gasteiger partial charge on any atom is 0.354 e. The lowest BCUT2D eigenvalue weighted by atomic mass is 10.2. The van der Waals surface area contributed by atoms with Crippen LogP contribution in [-0.4, -0.2) is 30.7 Å². The van der Waals surface area contributed by atoms with Crippen molar-refractivity contribution in [3.05, 3.63) is 47.0 Å². The van der Waals surface area contributed by atoms with E-state index in [0.717, 1.165) is 15.8 Å². The molecule has 0 saturated heterocycles. The zero-order valence-corrected chi connectivity index (χ0v) is 15.0. The fourth-order valence-electron chi connectivity index (χ4n) is 2.66. The van der Waals surface area contributed by atoms with Gasteiger partial charge in [-0.05, 0) is 42.1 Å². The molecule has 1 N–H and O–H groups in total. The number of anilines is 1. The molecular weight excluding hydrogens is 340 g/mol. The zero-order valence-electron chi connectivity index (χ0n) is 14.2. The Balaban J connectivity index is 1.88. The maximum atomic E-state index is 12.6. The quantitative estimate of drug-likeness (QED) is 0.709. The van der Waals surface area contributed by atoms with Crippen LogP contribution in [0.1, 0.15) is 16.1 Å². The SMILES string of the molecule is COC(=O)c1cc2ccsc2n1CC(=O)Nc1cc(C)ccc1OC. The van der Waals surface area contributed by atoms with E-state index >= 15 is 0 Å². The Labute approximate surface area is 149 Å². The molecule has 2 heterocycles. The van der Waals surface area contributed by atoms with E-state index < -0.39 is 5.97 Å². The standard InChI is InChI=1S/C18H18N2O4S/c1-11-4-5-15(23-2)13(8-11)19-16(21)10-20-14(18(22)24-3)9-12-6-7-25-17(12)20/h4-9H,10H2,1-3H3,(H,19,21). The number of methoxy groups -OCH3 is 2. The molecule has 130 valence electrons. The third-order valence-electron chi connectivity index (χ3n) is 3.83. The van der Waals surface area contributed by atoms with Gasteiger partial charge in [-0.25, -0.2) is 4.79 Å². The molecule has 0 bridgehead atoms. The van der Waals surface area contributed by atoms with Crippen LogP contribution in [0.25, 0.3) is 10.2 Å². The maximum absolute atomic E-state index is 12.6. The second-order valence-corrected chi connectivity index (χ2v) is 6.43. The Kier molecular flexibility index (Phi) is 4.76. The molecule has 0 spiro atoms.